The minimum atomic E-state index is -3.73. The van der Waals surface area contributed by atoms with Gasteiger partial charge in [0.15, 0.2) is 0 Å². The quantitative estimate of drug-likeness (QED) is 0.842. The molecule has 1 aromatic rings. The maximum atomic E-state index is 13.6. The molecule has 8 heteroatoms. The minimum Gasteiger partial charge on any atom is -0.329 e. The van der Waals surface area contributed by atoms with Gasteiger partial charge in [0.1, 0.15) is 5.82 Å². The van der Waals surface area contributed by atoms with Crippen LogP contribution in [0.5, 0.6) is 0 Å². The van der Waals surface area contributed by atoms with Crippen molar-refractivity contribution in [1.82, 2.24) is 4.31 Å². The first-order valence-electron chi connectivity index (χ1n) is 6.80. The molecule has 118 valence electrons. The van der Waals surface area contributed by atoms with E-state index in [0.29, 0.717) is 16.6 Å². The van der Waals surface area contributed by atoms with Crippen molar-refractivity contribution in [1.29, 1.82) is 0 Å². The zero-order valence-electron chi connectivity index (χ0n) is 11.8. The van der Waals surface area contributed by atoms with Crippen molar-refractivity contribution in [3.05, 3.63) is 28.0 Å². The third kappa shape index (κ3) is 3.74. The molecule has 1 saturated heterocycles. The summed E-state index contributed by atoms with van der Waals surface area (Å²) in [6.45, 7) is 2.45. The van der Waals surface area contributed by atoms with E-state index in [-0.39, 0.29) is 18.3 Å². The zero-order valence-corrected chi connectivity index (χ0v) is 14.2. The molecule has 0 saturated carbocycles. The van der Waals surface area contributed by atoms with Crippen molar-refractivity contribution in [2.45, 2.75) is 32.2 Å². The molecule has 0 aliphatic carbocycles. The van der Waals surface area contributed by atoms with Crippen LogP contribution in [0.3, 0.4) is 0 Å². The average Bonchev–Trinajstić information content (AvgIpc) is 2.44. The van der Waals surface area contributed by atoms with Gasteiger partial charge in [-0.1, -0.05) is 6.42 Å². The summed E-state index contributed by atoms with van der Waals surface area (Å²) >= 11 is 3.08. The second kappa shape index (κ2) is 6.60. The van der Waals surface area contributed by atoms with Crippen molar-refractivity contribution in [2.75, 3.05) is 17.8 Å². The topological polar surface area (TPSA) is 75.4 Å². The van der Waals surface area contributed by atoms with Crippen LogP contribution in [0.15, 0.2) is 16.6 Å². The van der Waals surface area contributed by atoms with E-state index in [1.54, 1.807) is 13.0 Å². The molecule has 2 rings (SSSR count). The molecule has 0 amide bonds. The molecular weight excluding hydrogens is 361 g/mol. The Bertz CT molecular complexity index is 624. The summed E-state index contributed by atoms with van der Waals surface area (Å²) in [7, 11) is -3.73. The summed E-state index contributed by atoms with van der Waals surface area (Å²) in [4.78, 5) is 0. The van der Waals surface area contributed by atoms with Crippen LogP contribution in [0.25, 0.3) is 0 Å². The van der Waals surface area contributed by atoms with Gasteiger partial charge in [0.25, 0.3) is 0 Å². The largest absolute Gasteiger partial charge is 0.329 e. The van der Waals surface area contributed by atoms with E-state index in [1.165, 1.54) is 10.4 Å². The van der Waals surface area contributed by atoms with Gasteiger partial charge in [-0.25, -0.2) is 4.39 Å². The van der Waals surface area contributed by atoms with Gasteiger partial charge < -0.3 is 5.73 Å². The highest BCUT2D eigenvalue weighted by atomic mass is 79.9. The Hall–Kier alpha value is -0.700. The van der Waals surface area contributed by atoms with Crippen molar-refractivity contribution >= 4 is 31.8 Å². The molecule has 21 heavy (non-hydrogen) atoms. The molecule has 0 radical (unpaired) electrons. The maximum Gasteiger partial charge on any atom is 0.301 e. The molecule has 1 heterocycles. The predicted molar refractivity (Wildman–Crippen MR) is 84.8 cm³/mol. The number of nitrogens with zero attached hydrogens (tertiary/aromatic N) is 1. The number of anilines is 1. The maximum absolute atomic E-state index is 13.6. The van der Waals surface area contributed by atoms with E-state index in [9.17, 15) is 12.8 Å². The zero-order chi connectivity index (χ0) is 15.6. The molecule has 1 aliphatic heterocycles. The van der Waals surface area contributed by atoms with Gasteiger partial charge >= 0.3 is 10.2 Å². The Kier molecular flexibility index (Phi) is 5.24. The fraction of sp³-hybridized carbons (Fsp3) is 0.538. The van der Waals surface area contributed by atoms with Crippen LogP contribution < -0.4 is 10.5 Å². The highest BCUT2D eigenvalue weighted by Gasteiger charge is 2.31. The van der Waals surface area contributed by atoms with Crippen LogP contribution in [-0.2, 0) is 10.2 Å². The fourth-order valence-corrected chi connectivity index (χ4v) is 4.51. The minimum absolute atomic E-state index is 0.197. The number of hydrogen-bond donors (Lipinski definition) is 2. The molecule has 3 N–H and O–H groups in total. The van der Waals surface area contributed by atoms with E-state index in [0.717, 1.165) is 19.3 Å². The fourth-order valence-electron chi connectivity index (χ4n) is 2.48. The summed E-state index contributed by atoms with van der Waals surface area (Å²) in [6, 6.07) is 2.53. The molecule has 1 fully saturated rings. The summed E-state index contributed by atoms with van der Waals surface area (Å²) < 4.78 is 42.8. The Balaban J connectivity index is 2.26. The third-order valence-electron chi connectivity index (χ3n) is 3.66. The normalized spacial score (nSPS) is 20.5. The number of nitrogens with one attached hydrogen (secondary N) is 1. The highest BCUT2D eigenvalue weighted by molar-refractivity contribution is 9.10. The van der Waals surface area contributed by atoms with Crippen molar-refractivity contribution in [3.63, 3.8) is 0 Å². The molecule has 1 unspecified atom stereocenters. The van der Waals surface area contributed by atoms with Crippen molar-refractivity contribution in [2.24, 2.45) is 5.73 Å². The highest BCUT2D eigenvalue weighted by Crippen LogP contribution is 2.27. The second-order valence-corrected chi connectivity index (χ2v) is 7.66. The van der Waals surface area contributed by atoms with Crippen LogP contribution >= 0.6 is 15.9 Å². The Labute approximate surface area is 133 Å². The van der Waals surface area contributed by atoms with E-state index < -0.39 is 16.0 Å². The monoisotopic (exact) mass is 379 g/mol. The van der Waals surface area contributed by atoms with Crippen LogP contribution in [0, 0.1) is 12.7 Å². The van der Waals surface area contributed by atoms with Crippen LogP contribution in [0.2, 0.25) is 0 Å². The Morgan fingerprint density at radius 1 is 1.48 bits per heavy atom. The number of rotatable bonds is 4. The first-order valence-corrected chi connectivity index (χ1v) is 9.03. The molecule has 0 spiro atoms. The van der Waals surface area contributed by atoms with Gasteiger partial charge in [0, 0.05) is 19.1 Å². The number of piperidine rings is 1. The van der Waals surface area contributed by atoms with Crippen molar-refractivity contribution in [3.8, 4) is 0 Å². The summed E-state index contributed by atoms with van der Waals surface area (Å²) in [5, 5.41) is 0. The van der Waals surface area contributed by atoms with E-state index in [4.69, 9.17) is 5.73 Å². The molecule has 1 aromatic carbocycles. The smallest absolute Gasteiger partial charge is 0.301 e. The predicted octanol–water partition coefficient (Wildman–Crippen LogP) is 2.37. The lowest BCUT2D eigenvalue weighted by molar-refractivity contribution is 0.259. The second-order valence-electron chi connectivity index (χ2n) is 5.18. The van der Waals surface area contributed by atoms with Crippen molar-refractivity contribution < 1.29 is 12.8 Å². The summed E-state index contributed by atoms with van der Waals surface area (Å²) in [5.74, 6) is -0.507. The first-order chi connectivity index (χ1) is 9.85. The number of aryl methyl sites for hydroxylation is 1. The molecule has 5 nitrogen and oxygen atoms in total. The molecule has 1 aliphatic rings. The van der Waals surface area contributed by atoms with Gasteiger partial charge in [0.05, 0.1) is 10.2 Å². The van der Waals surface area contributed by atoms with Crippen LogP contribution in [-0.4, -0.2) is 31.9 Å². The standard InChI is InChI=1S/C13H19BrFN3O2S/c1-9-6-11(14)12(15)7-13(9)17-21(19,20)18-5-3-2-4-10(18)8-16/h6-7,10,17H,2-5,8,16H2,1H3. The molecular formula is C13H19BrFN3O2S. The number of hydrogen-bond acceptors (Lipinski definition) is 3. The Morgan fingerprint density at radius 2 is 2.19 bits per heavy atom. The van der Waals surface area contributed by atoms with E-state index in [2.05, 4.69) is 20.7 Å². The van der Waals surface area contributed by atoms with Gasteiger partial charge in [0.2, 0.25) is 0 Å². The number of nitrogens with two attached hydrogens (primary N) is 1. The van der Waals surface area contributed by atoms with Gasteiger partial charge in [-0.2, -0.15) is 12.7 Å². The first kappa shape index (κ1) is 16.7. The van der Waals surface area contributed by atoms with Gasteiger partial charge in [-0.05, 0) is 53.4 Å². The summed E-state index contributed by atoms with van der Waals surface area (Å²) in [6.07, 6.45) is 2.54. The number of benzene rings is 1. The lowest BCUT2D eigenvalue weighted by Gasteiger charge is -2.34. The SMILES string of the molecule is Cc1cc(Br)c(F)cc1NS(=O)(=O)N1CCCCC1CN. The lowest BCUT2D eigenvalue weighted by Crippen LogP contribution is -2.49. The Morgan fingerprint density at radius 3 is 2.86 bits per heavy atom. The average molecular weight is 380 g/mol. The summed E-state index contributed by atoms with van der Waals surface area (Å²) in [5.41, 5.74) is 6.55. The van der Waals surface area contributed by atoms with E-state index >= 15 is 0 Å². The number of halogens is 2. The van der Waals surface area contributed by atoms with E-state index in [1.807, 2.05) is 0 Å². The lowest BCUT2D eigenvalue weighted by atomic mass is 10.1. The molecule has 1 atom stereocenters. The van der Waals surface area contributed by atoms with Gasteiger partial charge in [-0.3, -0.25) is 4.72 Å². The molecule has 0 aromatic heterocycles. The third-order valence-corrected chi connectivity index (χ3v) is 5.84. The van der Waals surface area contributed by atoms with Gasteiger partial charge in [-0.15, -0.1) is 0 Å². The molecule has 0 bridgehead atoms. The van der Waals surface area contributed by atoms with Crippen LogP contribution in [0.4, 0.5) is 10.1 Å². The van der Waals surface area contributed by atoms with Crippen LogP contribution in [0.1, 0.15) is 24.8 Å².